The topological polar surface area (TPSA) is 21.3 Å². The maximum Gasteiger partial charge on any atom is 0.132 e. The van der Waals surface area contributed by atoms with Crippen molar-refractivity contribution in [2.75, 3.05) is 13.2 Å². The van der Waals surface area contributed by atoms with E-state index in [4.69, 9.17) is 4.74 Å². The summed E-state index contributed by atoms with van der Waals surface area (Å²) >= 11 is 1.66. The SMILES string of the molecule is CCOCc1c(CNCC(C)C)sc2cccc(F)c12. The third-order valence-corrected chi connectivity index (χ3v) is 4.33. The fourth-order valence-corrected chi connectivity index (χ4v) is 3.38. The van der Waals surface area contributed by atoms with Crippen molar-refractivity contribution in [2.45, 2.75) is 33.9 Å². The first-order valence-corrected chi connectivity index (χ1v) is 7.92. The summed E-state index contributed by atoms with van der Waals surface area (Å²) in [5.74, 6) is 0.458. The van der Waals surface area contributed by atoms with Crippen molar-refractivity contribution in [1.82, 2.24) is 5.32 Å². The highest BCUT2D eigenvalue weighted by Gasteiger charge is 2.15. The third kappa shape index (κ3) is 3.57. The minimum absolute atomic E-state index is 0.149. The molecule has 2 aromatic rings. The highest BCUT2D eigenvalue weighted by molar-refractivity contribution is 7.19. The Labute approximate surface area is 124 Å². The van der Waals surface area contributed by atoms with Crippen LogP contribution in [0.25, 0.3) is 10.1 Å². The highest BCUT2D eigenvalue weighted by Crippen LogP contribution is 2.33. The zero-order valence-electron chi connectivity index (χ0n) is 12.3. The number of fused-ring (bicyclic) bond motifs is 1. The van der Waals surface area contributed by atoms with Crippen LogP contribution in [-0.2, 0) is 17.9 Å². The number of halogens is 1. The molecule has 4 heteroatoms. The van der Waals surface area contributed by atoms with Gasteiger partial charge in [0.2, 0.25) is 0 Å². The van der Waals surface area contributed by atoms with E-state index in [9.17, 15) is 4.39 Å². The van der Waals surface area contributed by atoms with E-state index < -0.39 is 0 Å². The summed E-state index contributed by atoms with van der Waals surface area (Å²) in [6.45, 7) is 9.18. The quantitative estimate of drug-likeness (QED) is 0.821. The molecule has 0 aliphatic carbocycles. The molecule has 0 unspecified atom stereocenters. The van der Waals surface area contributed by atoms with Gasteiger partial charge in [-0.1, -0.05) is 19.9 Å². The maximum atomic E-state index is 14.1. The molecule has 0 saturated heterocycles. The minimum Gasteiger partial charge on any atom is -0.377 e. The molecule has 0 amide bonds. The van der Waals surface area contributed by atoms with Gasteiger partial charge in [-0.05, 0) is 31.5 Å². The second-order valence-electron chi connectivity index (χ2n) is 5.28. The Bertz CT molecular complexity index is 565. The summed E-state index contributed by atoms with van der Waals surface area (Å²) in [6, 6.07) is 5.27. The van der Waals surface area contributed by atoms with Crippen LogP contribution >= 0.6 is 11.3 Å². The van der Waals surface area contributed by atoms with Crippen molar-refractivity contribution in [2.24, 2.45) is 5.92 Å². The molecule has 0 spiro atoms. The summed E-state index contributed by atoms with van der Waals surface area (Å²) in [5.41, 5.74) is 1.00. The first-order valence-electron chi connectivity index (χ1n) is 7.10. The van der Waals surface area contributed by atoms with Crippen LogP contribution in [0.1, 0.15) is 31.2 Å². The molecule has 0 aliphatic rings. The van der Waals surface area contributed by atoms with Gasteiger partial charge in [0.15, 0.2) is 0 Å². The molecule has 110 valence electrons. The molecule has 0 fully saturated rings. The van der Waals surface area contributed by atoms with Crippen molar-refractivity contribution < 1.29 is 9.13 Å². The number of ether oxygens (including phenoxy) is 1. The van der Waals surface area contributed by atoms with E-state index in [0.29, 0.717) is 19.1 Å². The third-order valence-electron chi connectivity index (χ3n) is 3.14. The van der Waals surface area contributed by atoms with Crippen molar-refractivity contribution >= 4 is 21.4 Å². The Morgan fingerprint density at radius 2 is 2.15 bits per heavy atom. The summed E-state index contributed by atoms with van der Waals surface area (Å²) < 4.78 is 20.6. The predicted octanol–water partition coefficient (Wildman–Crippen LogP) is 4.32. The van der Waals surface area contributed by atoms with Crippen molar-refractivity contribution in [3.8, 4) is 0 Å². The van der Waals surface area contributed by atoms with E-state index >= 15 is 0 Å². The normalized spacial score (nSPS) is 11.7. The Balaban J connectivity index is 2.29. The lowest BCUT2D eigenvalue weighted by molar-refractivity contribution is 0.134. The fourth-order valence-electron chi connectivity index (χ4n) is 2.19. The van der Waals surface area contributed by atoms with Gasteiger partial charge in [0.1, 0.15) is 5.82 Å². The molecule has 20 heavy (non-hydrogen) atoms. The largest absolute Gasteiger partial charge is 0.377 e. The summed E-state index contributed by atoms with van der Waals surface area (Å²) in [4.78, 5) is 1.18. The van der Waals surface area contributed by atoms with Crippen molar-refractivity contribution in [1.29, 1.82) is 0 Å². The number of nitrogens with one attached hydrogen (secondary N) is 1. The van der Waals surface area contributed by atoms with E-state index in [0.717, 1.165) is 28.7 Å². The van der Waals surface area contributed by atoms with Crippen LogP contribution in [0, 0.1) is 11.7 Å². The molecule has 1 N–H and O–H groups in total. The second-order valence-corrected chi connectivity index (χ2v) is 6.42. The molecule has 0 atom stereocenters. The zero-order valence-corrected chi connectivity index (χ0v) is 13.1. The van der Waals surface area contributed by atoms with Crippen LogP contribution in [0.4, 0.5) is 4.39 Å². The number of hydrogen-bond acceptors (Lipinski definition) is 3. The molecular formula is C16H22FNOS. The van der Waals surface area contributed by atoms with Gasteiger partial charge in [-0.2, -0.15) is 0 Å². The van der Waals surface area contributed by atoms with Crippen LogP contribution in [0.2, 0.25) is 0 Å². The van der Waals surface area contributed by atoms with E-state index in [1.165, 1.54) is 10.9 Å². The van der Waals surface area contributed by atoms with Crippen molar-refractivity contribution in [3.05, 3.63) is 34.5 Å². The van der Waals surface area contributed by atoms with E-state index in [-0.39, 0.29) is 5.82 Å². The van der Waals surface area contributed by atoms with Gasteiger partial charge >= 0.3 is 0 Å². The Morgan fingerprint density at radius 3 is 2.85 bits per heavy atom. The van der Waals surface area contributed by atoms with Gasteiger partial charge in [0.05, 0.1) is 6.61 Å². The standard InChI is InChI=1S/C16H22FNOS/c1-4-19-10-12-15(9-18-8-11(2)3)20-14-7-5-6-13(17)16(12)14/h5-7,11,18H,4,8-10H2,1-3H3. The molecule has 0 radical (unpaired) electrons. The van der Waals surface area contributed by atoms with Crippen LogP contribution in [-0.4, -0.2) is 13.2 Å². The average molecular weight is 295 g/mol. The average Bonchev–Trinajstić information content (AvgIpc) is 2.75. The molecular weight excluding hydrogens is 273 g/mol. The minimum atomic E-state index is -0.149. The van der Waals surface area contributed by atoms with Gasteiger partial charge in [-0.25, -0.2) is 4.39 Å². The highest BCUT2D eigenvalue weighted by atomic mass is 32.1. The summed E-state index contributed by atoms with van der Waals surface area (Å²) in [6.07, 6.45) is 0. The number of hydrogen-bond donors (Lipinski definition) is 1. The van der Waals surface area contributed by atoms with Gasteiger partial charge in [0.25, 0.3) is 0 Å². The van der Waals surface area contributed by atoms with E-state index in [1.807, 2.05) is 13.0 Å². The number of rotatable bonds is 7. The Morgan fingerprint density at radius 1 is 1.35 bits per heavy atom. The zero-order chi connectivity index (χ0) is 14.5. The maximum absolute atomic E-state index is 14.1. The van der Waals surface area contributed by atoms with Crippen LogP contribution in [0.3, 0.4) is 0 Å². The predicted molar refractivity (Wildman–Crippen MR) is 83.7 cm³/mol. The first kappa shape index (κ1) is 15.4. The summed E-state index contributed by atoms with van der Waals surface area (Å²) in [7, 11) is 0. The summed E-state index contributed by atoms with van der Waals surface area (Å²) in [5, 5.41) is 4.16. The van der Waals surface area contributed by atoms with E-state index in [2.05, 4.69) is 19.2 Å². The lowest BCUT2D eigenvalue weighted by Gasteiger charge is -2.08. The molecule has 2 nitrogen and oxygen atoms in total. The smallest absolute Gasteiger partial charge is 0.132 e. The molecule has 0 bridgehead atoms. The molecule has 1 aromatic carbocycles. The van der Waals surface area contributed by atoms with Crippen LogP contribution in [0.5, 0.6) is 0 Å². The molecule has 1 aromatic heterocycles. The molecule has 0 saturated carbocycles. The fraction of sp³-hybridized carbons (Fsp3) is 0.500. The van der Waals surface area contributed by atoms with Gasteiger partial charge < -0.3 is 10.1 Å². The van der Waals surface area contributed by atoms with Gasteiger partial charge in [-0.3, -0.25) is 0 Å². The van der Waals surface area contributed by atoms with Crippen LogP contribution < -0.4 is 5.32 Å². The second kappa shape index (κ2) is 7.16. The lowest BCUT2D eigenvalue weighted by Crippen LogP contribution is -2.19. The number of thiophene rings is 1. The Hall–Kier alpha value is -0.970. The van der Waals surface area contributed by atoms with Gasteiger partial charge in [-0.15, -0.1) is 11.3 Å². The van der Waals surface area contributed by atoms with Gasteiger partial charge in [0, 0.05) is 33.7 Å². The number of benzene rings is 1. The van der Waals surface area contributed by atoms with Crippen LogP contribution in [0.15, 0.2) is 18.2 Å². The first-order chi connectivity index (χ1) is 9.63. The van der Waals surface area contributed by atoms with Crippen molar-refractivity contribution in [3.63, 3.8) is 0 Å². The molecule has 2 rings (SSSR count). The molecule has 0 aliphatic heterocycles. The van der Waals surface area contributed by atoms with E-state index in [1.54, 1.807) is 17.4 Å². The monoisotopic (exact) mass is 295 g/mol. The lowest BCUT2D eigenvalue weighted by atomic mass is 10.1. The molecule has 1 heterocycles. The Kier molecular flexibility index (Phi) is 5.52.